The number of amides is 1. The number of hydrogen-bond acceptors (Lipinski definition) is 11. The summed E-state index contributed by atoms with van der Waals surface area (Å²) in [7, 11) is -4.48. The maximum Gasteiger partial charge on any atom is 0.297 e. The number of ether oxygens (including phenoxy) is 2. The van der Waals surface area contributed by atoms with Crippen LogP contribution in [0.25, 0.3) is 0 Å². The third kappa shape index (κ3) is 7.50. The number of primary amides is 1. The minimum Gasteiger partial charge on any atom is -0.483 e. The van der Waals surface area contributed by atoms with E-state index < -0.39 is 32.0 Å². The number of nitrogens with zero attached hydrogens (tertiary/aromatic N) is 4. The summed E-state index contributed by atoms with van der Waals surface area (Å²) in [6.07, 6.45) is 6.74. The average Bonchev–Trinajstić information content (AvgIpc) is 3.66. The number of carbonyl (C=O) groups is 1. The van der Waals surface area contributed by atoms with Gasteiger partial charge >= 0.3 is 0 Å². The predicted molar refractivity (Wildman–Crippen MR) is 219 cm³/mol. The summed E-state index contributed by atoms with van der Waals surface area (Å²) in [5, 5.41) is 15.8. The minimum atomic E-state index is -4.48. The zero-order valence-electron chi connectivity index (χ0n) is 33.5. The molecular formula is C43H56N6O7S. The zero-order chi connectivity index (χ0) is 40.3. The van der Waals surface area contributed by atoms with E-state index in [2.05, 4.69) is 58.1 Å². The maximum absolute atomic E-state index is 14.5. The molecule has 0 radical (unpaired) electrons. The number of benzene rings is 3. The van der Waals surface area contributed by atoms with E-state index in [-0.39, 0.29) is 38.2 Å². The Morgan fingerprint density at radius 3 is 2.42 bits per heavy atom. The monoisotopic (exact) mass is 800 g/mol. The van der Waals surface area contributed by atoms with E-state index in [0.717, 1.165) is 51.6 Å². The summed E-state index contributed by atoms with van der Waals surface area (Å²) in [5.41, 5.74) is 8.33. The molecule has 3 aromatic carbocycles. The molecule has 4 fully saturated rings. The summed E-state index contributed by atoms with van der Waals surface area (Å²) in [5.74, 6) is -0.346. The van der Waals surface area contributed by atoms with E-state index >= 15 is 0 Å². The molecule has 0 aromatic heterocycles. The van der Waals surface area contributed by atoms with Gasteiger partial charge in [-0.15, -0.1) is 0 Å². The summed E-state index contributed by atoms with van der Waals surface area (Å²) in [6.45, 7) is 14.2. The van der Waals surface area contributed by atoms with Crippen LogP contribution in [0.3, 0.4) is 0 Å². The van der Waals surface area contributed by atoms with Gasteiger partial charge < -0.3 is 25.4 Å². The molecule has 5 aliphatic rings. The van der Waals surface area contributed by atoms with Gasteiger partial charge in [-0.3, -0.25) is 24.7 Å². The lowest BCUT2D eigenvalue weighted by atomic mass is 9.59. The molecule has 3 saturated heterocycles. The SMILES string of the molecule is CC(C)c1ccccc1[C@@H]1CCCN1C1CC2(CCN(c3ccc(C(N)=O)c(S(=O)(=O)c4cc5c(c([N+](=O)[O-])c4)NC(CN4CCOCC4)C(C)(C)O5)c3)CC2)C1. The molecule has 13 nitrogen and oxygen atoms in total. The van der Waals surface area contributed by atoms with Crippen LogP contribution >= 0.6 is 0 Å². The second-order valence-electron chi connectivity index (χ2n) is 17.7. The van der Waals surface area contributed by atoms with E-state index in [4.69, 9.17) is 15.2 Å². The number of fused-ring (bicyclic) bond motifs is 1. The van der Waals surface area contributed by atoms with Gasteiger partial charge in [0.05, 0.1) is 39.5 Å². The highest BCUT2D eigenvalue weighted by molar-refractivity contribution is 7.91. The van der Waals surface area contributed by atoms with Gasteiger partial charge in [0.1, 0.15) is 5.60 Å². The van der Waals surface area contributed by atoms with Gasteiger partial charge in [-0.1, -0.05) is 38.1 Å². The van der Waals surface area contributed by atoms with Crippen molar-refractivity contribution in [1.82, 2.24) is 9.80 Å². The van der Waals surface area contributed by atoms with Crippen molar-refractivity contribution >= 4 is 32.8 Å². The quantitative estimate of drug-likeness (QED) is 0.170. The second-order valence-corrected chi connectivity index (χ2v) is 19.6. The molecule has 0 bridgehead atoms. The summed E-state index contributed by atoms with van der Waals surface area (Å²) in [4.78, 5) is 31.1. The predicted octanol–water partition coefficient (Wildman–Crippen LogP) is 6.52. The number of morpholine rings is 1. The summed E-state index contributed by atoms with van der Waals surface area (Å²) < 4.78 is 40.8. The minimum absolute atomic E-state index is 0.0623. The lowest BCUT2D eigenvalue weighted by molar-refractivity contribution is -0.384. The van der Waals surface area contributed by atoms with Crippen molar-refractivity contribution in [3.63, 3.8) is 0 Å². The highest BCUT2D eigenvalue weighted by atomic mass is 32.2. The van der Waals surface area contributed by atoms with Gasteiger partial charge in [0.25, 0.3) is 5.69 Å². The number of hydrogen-bond donors (Lipinski definition) is 2. The molecule has 3 N–H and O–H groups in total. The van der Waals surface area contributed by atoms with E-state index in [0.29, 0.717) is 43.4 Å². The van der Waals surface area contributed by atoms with Crippen molar-refractivity contribution < 1.29 is 27.6 Å². The molecule has 306 valence electrons. The molecule has 8 rings (SSSR count). The topological polar surface area (TPSA) is 161 Å². The van der Waals surface area contributed by atoms with Crippen molar-refractivity contribution in [3.05, 3.63) is 81.4 Å². The van der Waals surface area contributed by atoms with Gasteiger partial charge in [0, 0.05) is 62.6 Å². The molecule has 57 heavy (non-hydrogen) atoms. The normalized spacial score (nSPS) is 23.8. The number of nitro benzene ring substituents is 1. The van der Waals surface area contributed by atoms with Crippen LogP contribution in [0.2, 0.25) is 0 Å². The average molecular weight is 801 g/mol. The maximum atomic E-state index is 14.5. The Balaban J connectivity index is 1.00. The van der Waals surface area contributed by atoms with Crippen LogP contribution < -0.4 is 20.7 Å². The number of carbonyl (C=O) groups excluding carboxylic acids is 1. The molecule has 4 heterocycles. The molecule has 2 atom stereocenters. The first-order valence-corrected chi connectivity index (χ1v) is 22.0. The Kier molecular flexibility index (Phi) is 10.5. The lowest BCUT2D eigenvalue weighted by Crippen LogP contribution is -2.56. The number of nitro groups is 1. The van der Waals surface area contributed by atoms with Crippen LogP contribution in [0.4, 0.5) is 17.1 Å². The zero-order valence-corrected chi connectivity index (χ0v) is 34.4. The Morgan fingerprint density at radius 2 is 1.74 bits per heavy atom. The number of piperidine rings is 1. The Labute approximate surface area is 335 Å². The van der Waals surface area contributed by atoms with Crippen molar-refractivity contribution in [2.75, 3.05) is 62.7 Å². The Bertz CT molecular complexity index is 2140. The number of nitrogens with two attached hydrogens (primary N) is 1. The Hall–Kier alpha value is -4.24. The summed E-state index contributed by atoms with van der Waals surface area (Å²) in [6, 6.07) is 16.7. The van der Waals surface area contributed by atoms with Gasteiger partial charge in [-0.2, -0.15) is 0 Å². The standard InChI is InChI=1S/C43H56N6O7S/c1-28(2)32-8-5-6-9-33(32)35-10-7-15-48(35)30-25-43(26-30)13-16-47(17-14-43)29-11-12-34(41(44)50)38(22-29)57(53,54)31-23-36(49(51)52)40-37(24-31)56-42(3,4)39(45-40)27-46-18-20-55-21-19-46/h5-6,8-9,11-12,22-24,28,30,35,39,45H,7,10,13-21,25-27H2,1-4H3,(H2,44,50)/t35-,39?/m0/s1. The van der Waals surface area contributed by atoms with Crippen LogP contribution in [0.5, 0.6) is 5.75 Å². The smallest absolute Gasteiger partial charge is 0.297 e. The van der Waals surface area contributed by atoms with Gasteiger partial charge in [-0.05, 0) is 99.6 Å². The molecule has 1 aliphatic carbocycles. The fraction of sp³-hybridized carbons (Fsp3) is 0.558. The van der Waals surface area contributed by atoms with Crippen LogP contribution in [0.15, 0.2) is 64.4 Å². The third-order valence-electron chi connectivity index (χ3n) is 13.4. The number of sulfone groups is 1. The third-order valence-corrected chi connectivity index (χ3v) is 15.2. The van der Waals surface area contributed by atoms with Crippen molar-refractivity contribution in [2.45, 2.75) is 106 Å². The fourth-order valence-electron chi connectivity index (χ4n) is 10.1. The first-order chi connectivity index (χ1) is 27.2. The van der Waals surface area contributed by atoms with E-state index in [1.807, 2.05) is 13.8 Å². The van der Waals surface area contributed by atoms with Gasteiger partial charge in [-0.25, -0.2) is 8.42 Å². The van der Waals surface area contributed by atoms with Crippen LogP contribution in [0.1, 0.15) is 99.7 Å². The molecule has 4 aliphatic heterocycles. The van der Waals surface area contributed by atoms with E-state index in [1.54, 1.807) is 6.07 Å². The van der Waals surface area contributed by atoms with E-state index in [9.17, 15) is 23.3 Å². The molecule has 1 spiro atoms. The highest BCUT2D eigenvalue weighted by Crippen LogP contribution is 2.54. The lowest BCUT2D eigenvalue weighted by Gasteiger charge is -2.56. The molecular weight excluding hydrogens is 745 g/mol. The molecule has 14 heteroatoms. The van der Waals surface area contributed by atoms with Crippen LogP contribution in [-0.4, -0.2) is 99.2 Å². The van der Waals surface area contributed by atoms with Gasteiger partial charge in [0.2, 0.25) is 15.7 Å². The fourth-order valence-corrected chi connectivity index (χ4v) is 11.6. The number of rotatable bonds is 10. The highest BCUT2D eigenvalue weighted by Gasteiger charge is 2.50. The summed E-state index contributed by atoms with van der Waals surface area (Å²) >= 11 is 0. The molecule has 1 amide bonds. The van der Waals surface area contributed by atoms with Crippen LogP contribution in [-0.2, 0) is 14.6 Å². The van der Waals surface area contributed by atoms with Crippen molar-refractivity contribution in [3.8, 4) is 5.75 Å². The number of anilines is 2. The second kappa shape index (κ2) is 15.2. The van der Waals surface area contributed by atoms with Gasteiger partial charge in [0.15, 0.2) is 11.4 Å². The molecule has 3 aromatic rings. The first-order valence-electron chi connectivity index (χ1n) is 20.5. The number of nitrogens with one attached hydrogen (secondary N) is 1. The molecule has 1 saturated carbocycles. The van der Waals surface area contributed by atoms with Crippen LogP contribution in [0, 0.1) is 15.5 Å². The van der Waals surface area contributed by atoms with Crippen molar-refractivity contribution in [2.24, 2.45) is 11.1 Å². The largest absolute Gasteiger partial charge is 0.483 e. The first kappa shape index (κ1) is 39.6. The molecule has 1 unspecified atom stereocenters. The number of likely N-dealkylation sites (tertiary alicyclic amines) is 1. The van der Waals surface area contributed by atoms with Crippen molar-refractivity contribution in [1.29, 1.82) is 0 Å². The van der Waals surface area contributed by atoms with E-state index in [1.165, 1.54) is 55.0 Å². The Morgan fingerprint density at radius 1 is 1.02 bits per heavy atom.